The van der Waals surface area contributed by atoms with Crippen molar-refractivity contribution in [2.75, 3.05) is 6.54 Å². The van der Waals surface area contributed by atoms with Gasteiger partial charge in [0.1, 0.15) is 5.60 Å². The topological polar surface area (TPSA) is 50.4 Å². The molecule has 130 valence electrons. The van der Waals surface area contributed by atoms with Crippen molar-refractivity contribution in [1.82, 2.24) is 10.6 Å². The van der Waals surface area contributed by atoms with E-state index in [4.69, 9.17) is 39.5 Å². The van der Waals surface area contributed by atoms with Gasteiger partial charge in [-0.3, -0.25) is 0 Å². The zero-order valence-electron chi connectivity index (χ0n) is 14.0. The zero-order valence-corrected chi connectivity index (χ0v) is 16.3. The van der Waals surface area contributed by atoms with Crippen LogP contribution in [0.3, 0.4) is 0 Å². The summed E-state index contributed by atoms with van der Waals surface area (Å²) in [6, 6.07) is 3.36. The number of halogens is 3. The van der Waals surface area contributed by atoms with Gasteiger partial charge in [-0.25, -0.2) is 4.79 Å². The van der Waals surface area contributed by atoms with Crippen LogP contribution in [0.4, 0.5) is 4.79 Å². The molecule has 1 rings (SSSR count). The molecule has 1 amide bonds. The minimum Gasteiger partial charge on any atom is -0.444 e. The number of hydrogen-bond acceptors (Lipinski definition) is 3. The third-order valence-corrected chi connectivity index (χ3v) is 4.15. The third kappa shape index (κ3) is 7.17. The maximum atomic E-state index is 11.7. The summed E-state index contributed by atoms with van der Waals surface area (Å²) < 4.78 is 5.21. The van der Waals surface area contributed by atoms with Crippen LogP contribution < -0.4 is 10.6 Å². The van der Waals surface area contributed by atoms with E-state index in [1.54, 1.807) is 12.1 Å². The van der Waals surface area contributed by atoms with Crippen molar-refractivity contribution in [2.45, 2.75) is 52.3 Å². The largest absolute Gasteiger partial charge is 0.444 e. The van der Waals surface area contributed by atoms with E-state index in [0.717, 1.165) is 5.56 Å². The van der Waals surface area contributed by atoms with Gasteiger partial charge < -0.3 is 15.4 Å². The van der Waals surface area contributed by atoms with Gasteiger partial charge in [0.05, 0.1) is 10.0 Å². The molecule has 0 aliphatic carbocycles. The first-order valence-corrected chi connectivity index (χ1v) is 8.39. The quantitative estimate of drug-likeness (QED) is 0.702. The number of carbonyl (C=O) groups is 1. The molecule has 0 fully saturated rings. The summed E-state index contributed by atoms with van der Waals surface area (Å²) in [7, 11) is 0. The van der Waals surface area contributed by atoms with Crippen molar-refractivity contribution in [3.63, 3.8) is 0 Å². The number of benzene rings is 1. The Morgan fingerprint density at radius 3 is 2.22 bits per heavy atom. The minimum atomic E-state index is -0.524. The molecule has 0 atom stereocenters. The fraction of sp³-hybridized carbons (Fsp3) is 0.562. The van der Waals surface area contributed by atoms with E-state index in [0.29, 0.717) is 28.2 Å². The lowest BCUT2D eigenvalue weighted by Gasteiger charge is -2.28. The van der Waals surface area contributed by atoms with Crippen LogP contribution in [0.25, 0.3) is 0 Å². The summed E-state index contributed by atoms with van der Waals surface area (Å²) in [5, 5.41) is 7.48. The Labute approximate surface area is 152 Å². The summed E-state index contributed by atoms with van der Waals surface area (Å²) in [5.41, 5.74) is -0.179. The molecule has 4 nitrogen and oxygen atoms in total. The second kappa shape index (κ2) is 7.93. The lowest BCUT2D eigenvalue weighted by atomic mass is 10.0. The molecule has 7 heteroatoms. The highest BCUT2D eigenvalue weighted by atomic mass is 35.5. The SMILES string of the molecule is CC(C)(CNC(=O)OC(C)(C)C)NCc1c(Cl)ccc(Cl)c1Cl. The van der Waals surface area contributed by atoms with Crippen molar-refractivity contribution in [1.29, 1.82) is 0 Å². The predicted molar refractivity (Wildman–Crippen MR) is 96.6 cm³/mol. The van der Waals surface area contributed by atoms with E-state index in [9.17, 15) is 4.79 Å². The standard InChI is InChI=1S/C16H23Cl3N2O2/c1-15(2,3)23-14(22)20-9-16(4,5)21-8-10-11(17)6-7-12(18)13(10)19/h6-7,21H,8-9H2,1-5H3,(H,20,22). The highest BCUT2D eigenvalue weighted by Crippen LogP contribution is 2.31. The molecule has 0 spiro atoms. The molecule has 0 heterocycles. The van der Waals surface area contributed by atoms with Crippen LogP contribution in [-0.4, -0.2) is 23.8 Å². The van der Waals surface area contributed by atoms with E-state index in [1.165, 1.54) is 0 Å². The summed E-state index contributed by atoms with van der Waals surface area (Å²) in [5.74, 6) is 0. The van der Waals surface area contributed by atoms with Gasteiger partial charge in [0, 0.05) is 29.2 Å². The van der Waals surface area contributed by atoms with Gasteiger partial charge in [0.25, 0.3) is 0 Å². The second-order valence-electron chi connectivity index (χ2n) is 6.91. The highest BCUT2D eigenvalue weighted by Gasteiger charge is 2.22. The molecule has 0 radical (unpaired) electrons. The Kier molecular flexibility index (Phi) is 7.02. The van der Waals surface area contributed by atoms with E-state index in [1.807, 2.05) is 34.6 Å². The molecule has 2 N–H and O–H groups in total. The Morgan fingerprint density at radius 1 is 1.09 bits per heavy atom. The summed E-state index contributed by atoms with van der Waals surface area (Å²) in [6.07, 6.45) is -0.453. The summed E-state index contributed by atoms with van der Waals surface area (Å²) in [4.78, 5) is 11.7. The van der Waals surface area contributed by atoms with Crippen LogP contribution in [-0.2, 0) is 11.3 Å². The predicted octanol–water partition coefficient (Wildman–Crippen LogP) is 5.04. The van der Waals surface area contributed by atoms with E-state index in [-0.39, 0.29) is 5.54 Å². The van der Waals surface area contributed by atoms with Crippen LogP contribution >= 0.6 is 34.8 Å². The van der Waals surface area contributed by atoms with Crippen molar-refractivity contribution in [2.24, 2.45) is 0 Å². The fourth-order valence-corrected chi connectivity index (χ4v) is 2.41. The number of ether oxygens (including phenoxy) is 1. The monoisotopic (exact) mass is 380 g/mol. The van der Waals surface area contributed by atoms with Gasteiger partial charge in [-0.1, -0.05) is 34.8 Å². The van der Waals surface area contributed by atoms with Gasteiger partial charge in [-0.2, -0.15) is 0 Å². The van der Waals surface area contributed by atoms with E-state index >= 15 is 0 Å². The van der Waals surface area contributed by atoms with Gasteiger partial charge in [0.15, 0.2) is 0 Å². The highest BCUT2D eigenvalue weighted by molar-refractivity contribution is 6.44. The first-order valence-electron chi connectivity index (χ1n) is 7.25. The number of rotatable bonds is 5. The number of amides is 1. The normalized spacial score (nSPS) is 12.2. The molecule has 0 aliphatic heterocycles. The smallest absolute Gasteiger partial charge is 0.407 e. The summed E-state index contributed by atoms with van der Waals surface area (Å²) >= 11 is 18.3. The van der Waals surface area contributed by atoms with Crippen LogP contribution in [0.5, 0.6) is 0 Å². The molecule has 1 aromatic rings. The van der Waals surface area contributed by atoms with Crippen molar-refractivity contribution in [3.05, 3.63) is 32.8 Å². The van der Waals surface area contributed by atoms with Gasteiger partial charge in [-0.05, 0) is 46.8 Å². The van der Waals surface area contributed by atoms with Crippen molar-refractivity contribution < 1.29 is 9.53 Å². The number of nitrogens with one attached hydrogen (secondary N) is 2. The molecule has 0 saturated heterocycles. The number of hydrogen-bond donors (Lipinski definition) is 2. The minimum absolute atomic E-state index is 0.383. The second-order valence-corrected chi connectivity index (χ2v) is 8.11. The Balaban J connectivity index is 2.60. The number of carbonyl (C=O) groups excluding carboxylic acids is 1. The van der Waals surface area contributed by atoms with Crippen LogP contribution in [0.15, 0.2) is 12.1 Å². The maximum Gasteiger partial charge on any atom is 0.407 e. The Morgan fingerprint density at radius 2 is 1.65 bits per heavy atom. The van der Waals surface area contributed by atoms with E-state index in [2.05, 4.69) is 10.6 Å². The van der Waals surface area contributed by atoms with E-state index < -0.39 is 11.7 Å². The lowest BCUT2D eigenvalue weighted by molar-refractivity contribution is 0.0513. The van der Waals surface area contributed by atoms with Crippen molar-refractivity contribution in [3.8, 4) is 0 Å². The van der Waals surface area contributed by atoms with Gasteiger partial charge in [-0.15, -0.1) is 0 Å². The fourth-order valence-electron chi connectivity index (χ4n) is 1.73. The molecule has 23 heavy (non-hydrogen) atoms. The van der Waals surface area contributed by atoms with Gasteiger partial charge in [0.2, 0.25) is 0 Å². The molecular weight excluding hydrogens is 359 g/mol. The Bertz CT molecular complexity index is 569. The Hall–Kier alpha value is -0.680. The molecule has 0 saturated carbocycles. The van der Waals surface area contributed by atoms with Crippen molar-refractivity contribution >= 4 is 40.9 Å². The number of alkyl carbamates (subject to hydrolysis) is 1. The molecule has 0 aromatic heterocycles. The molecule has 0 bridgehead atoms. The van der Waals surface area contributed by atoms with Crippen LogP contribution in [0, 0.1) is 0 Å². The molecule has 1 aromatic carbocycles. The molecule has 0 unspecified atom stereocenters. The first kappa shape index (κ1) is 20.4. The average molecular weight is 382 g/mol. The van der Waals surface area contributed by atoms with Crippen LogP contribution in [0.2, 0.25) is 15.1 Å². The molecular formula is C16H23Cl3N2O2. The maximum absolute atomic E-state index is 11.7. The lowest BCUT2D eigenvalue weighted by Crippen LogP contribution is -2.49. The first-order chi connectivity index (χ1) is 10.4. The van der Waals surface area contributed by atoms with Crippen LogP contribution in [0.1, 0.15) is 40.2 Å². The molecule has 0 aliphatic rings. The third-order valence-electron chi connectivity index (χ3n) is 2.96. The van der Waals surface area contributed by atoms with Gasteiger partial charge >= 0.3 is 6.09 Å². The average Bonchev–Trinajstić information content (AvgIpc) is 2.39. The zero-order chi connectivity index (χ0) is 17.8. The summed E-state index contributed by atoms with van der Waals surface area (Å²) in [6.45, 7) is 10.2.